The van der Waals surface area contributed by atoms with Gasteiger partial charge in [0.05, 0.1) is 0 Å². The fraction of sp³-hybridized carbons (Fsp3) is 0.417. The zero-order valence-corrected chi connectivity index (χ0v) is 17.1. The maximum atomic E-state index is 12.8. The van der Waals surface area contributed by atoms with Crippen LogP contribution in [0, 0.1) is 25.7 Å². The van der Waals surface area contributed by atoms with Crippen LogP contribution in [0.2, 0.25) is 0 Å². The van der Waals surface area contributed by atoms with Gasteiger partial charge in [-0.1, -0.05) is 42.5 Å². The summed E-state index contributed by atoms with van der Waals surface area (Å²) in [7, 11) is 1.87. The van der Waals surface area contributed by atoms with E-state index in [0.29, 0.717) is 6.54 Å². The van der Waals surface area contributed by atoms with E-state index in [9.17, 15) is 9.59 Å². The van der Waals surface area contributed by atoms with E-state index in [1.54, 1.807) is 0 Å². The Hall–Kier alpha value is -2.62. The van der Waals surface area contributed by atoms with Gasteiger partial charge in [0.15, 0.2) is 0 Å². The van der Waals surface area contributed by atoms with Crippen LogP contribution in [0.4, 0.5) is 5.69 Å². The zero-order chi connectivity index (χ0) is 20.1. The standard InChI is InChI=1S/C24H30N2O2/c1-17-9-10-18(2)22(15-17)25-23(27)20-11-13-21(14-12-20)24(28)26(3)16-19-7-5-4-6-8-19/h4-10,15,20-21H,11-14,16H2,1-3H3,(H,25,27). The minimum Gasteiger partial charge on any atom is -0.341 e. The highest BCUT2D eigenvalue weighted by Gasteiger charge is 2.31. The van der Waals surface area contributed by atoms with E-state index in [4.69, 9.17) is 0 Å². The van der Waals surface area contributed by atoms with Gasteiger partial charge in [-0.2, -0.15) is 0 Å². The highest BCUT2D eigenvalue weighted by molar-refractivity contribution is 5.93. The molecule has 0 spiro atoms. The SMILES string of the molecule is Cc1ccc(C)c(NC(=O)C2CCC(C(=O)N(C)Cc3ccccc3)CC2)c1. The number of carbonyl (C=O) groups is 2. The Bertz CT molecular complexity index is 824. The number of aryl methyl sites for hydroxylation is 2. The van der Waals surface area contributed by atoms with Crippen molar-refractivity contribution in [2.45, 2.75) is 46.1 Å². The Morgan fingerprint density at radius 3 is 2.29 bits per heavy atom. The minimum absolute atomic E-state index is 0.0107. The van der Waals surface area contributed by atoms with Gasteiger partial charge in [0.2, 0.25) is 11.8 Å². The van der Waals surface area contributed by atoms with E-state index in [2.05, 4.69) is 5.32 Å². The predicted octanol–water partition coefficient (Wildman–Crippen LogP) is 4.71. The Morgan fingerprint density at radius 1 is 0.964 bits per heavy atom. The molecule has 1 aliphatic rings. The van der Waals surface area contributed by atoms with Crippen LogP contribution >= 0.6 is 0 Å². The summed E-state index contributed by atoms with van der Waals surface area (Å²) in [6, 6.07) is 16.1. The van der Waals surface area contributed by atoms with Crippen molar-refractivity contribution < 1.29 is 9.59 Å². The van der Waals surface area contributed by atoms with E-state index in [0.717, 1.165) is 48.1 Å². The van der Waals surface area contributed by atoms with Crippen molar-refractivity contribution in [1.29, 1.82) is 0 Å². The average molecular weight is 379 g/mol. The van der Waals surface area contributed by atoms with Crippen molar-refractivity contribution in [2.24, 2.45) is 11.8 Å². The summed E-state index contributed by atoms with van der Waals surface area (Å²) in [5.74, 6) is 0.288. The molecule has 0 unspecified atom stereocenters. The molecule has 0 heterocycles. The van der Waals surface area contributed by atoms with E-state index in [1.165, 1.54) is 0 Å². The third kappa shape index (κ3) is 5.00. The molecule has 1 N–H and O–H groups in total. The van der Waals surface area contributed by atoms with Crippen LogP contribution in [0.25, 0.3) is 0 Å². The van der Waals surface area contributed by atoms with Crippen LogP contribution in [0.1, 0.15) is 42.4 Å². The lowest BCUT2D eigenvalue weighted by atomic mass is 9.81. The first kappa shape index (κ1) is 20.1. The first-order chi connectivity index (χ1) is 13.4. The van der Waals surface area contributed by atoms with Gasteiger partial charge in [-0.05, 0) is 62.3 Å². The molecule has 0 saturated heterocycles. The molecule has 0 bridgehead atoms. The number of hydrogen-bond acceptors (Lipinski definition) is 2. The average Bonchev–Trinajstić information content (AvgIpc) is 2.71. The lowest BCUT2D eigenvalue weighted by Crippen LogP contribution is -2.36. The van der Waals surface area contributed by atoms with Crippen LogP contribution in [0.5, 0.6) is 0 Å². The summed E-state index contributed by atoms with van der Waals surface area (Å²) in [5.41, 5.74) is 4.24. The molecule has 2 aromatic carbocycles. The number of nitrogens with one attached hydrogen (secondary N) is 1. The maximum absolute atomic E-state index is 12.8. The molecule has 1 fully saturated rings. The first-order valence-electron chi connectivity index (χ1n) is 10.1. The fourth-order valence-corrected chi connectivity index (χ4v) is 3.95. The predicted molar refractivity (Wildman–Crippen MR) is 113 cm³/mol. The van der Waals surface area contributed by atoms with Crippen molar-refractivity contribution in [3.8, 4) is 0 Å². The maximum Gasteiger partial charge on any atom is 0.227 e. The second kappa shape index (κ2) is 9.05. The summed E-state index contributed by atoms with van der Waals surface area (Å²) in [6.45, 7) is 4.66. The molecule has 2 aromatic rings. The van der Waals surface area contributed by atoms with Gasteiger partial charge in [-0.25, -0.2) is 0 Å². The molecule has 0 atom stereocenters. The normalized spacial score (nSPS) is 19.1. The molecule has 1 saturated carbocycles. The monoisotopic (exact) mass is 378 g/mol. The van der Waals surface area contributed by atoms with Crippen molar-refractivity contribution >= 4 is 17.5 Å². The summed E-state index contributed by atoms with van der Waals surface area (Å²) < 4.78 is 0. The number of hydrogen-bond donors (Lipinski definition) is 1. The smallest absolute Gasteiger partial charge is 0.227 e. The molecule has 0 aliphatic heterocycles. The van der Waals surface area contributed by atoms with Gasteiger partial charge >= 0.3 is 0 Å². The largest absolute Gasteiger partial charge is 0.341 e. The second-order valence-electron chi connectivity index (χ2n) is 8.04. The van der Waals surface area contributed by atoms with Crippen LogP contribution in [-0.4, -0.2) is 23.8 Å². The molecular formula is C24H30N2O2. The first-order valence-corrected chi connectivity index (χ1v) is 10.1. The van der Waals surface area contributed by atoms with E-state index < -0.39 is 0 Å². The van der Waals surface area contributed by atoms with Crippen LogP contribution in [-0.2, 0) is 16.1 Å². The zero-order valence-electron chi connectivity index (χ0n) is 17.1. The second-order valence-corrected chi connectivity index (χ2v) is 8.04. The Morgan fingerprint density at radius 2 is 1.61 bits per heavy atom. The van der Waals surface area contributed by atoms with Gasteiger partial charge in [-0.15, -0.1) is 0 Å². The Kier molecular flexibility index (Phi) is 6.50. The van der Waals surface area contributed by atoms with Gasteiger partial charge in [0.25, 0.3) is 0 Å². The van der Waals surface area contributed by atoms with Crippen LogP contribution in [0.3, 0.4) is 0 Å². The summed E-state index contributed by atoms with van der Waals surface area (Å²) in [6.07, 6.45) is 3.10. The Labute approximate surface area is 167 Å². The molecule has 3 rings (SSSR count). The topological polar surface area (TPSA) is 49.4 Å². The molecule has 0 aromatic heterocycles. The number of nitrogens with zero attached hydrogens (tertiary/aromatic N) is 1. The lowest BCUT2D eigenvalue weighted by molar-refractivity contribution is -0.137. The molecule has 1 aliphatic carbocycles. The van der Waals surface area contributed by atoms with E-state index >= 15 is 0 Å². The van der Waals surface area contributed by atoms with Crippen molar-refractivity contribution in [3.05, 3.63) is 65.2 Å². The molecule has 28 heavy (non-hydrogen) atoms. The molecular weight excluding hydrogens is 348 g/mol. The Balaban J connectivity index is 1.51. The number of carbonyl (C=O) groups excluding carboxylic acids is 2. The number of amides is 2. The highest BCUT2D eigenvalue weighted by atomic mass is 16.2. The number of rotatable bonds is 5. The van der Waals surface area contributed by atoms with Crippen LogP contribution in [0.15, 0.2) is 48.5 Å². The third-order valence-corrected chi connectivity index (χ3v) is 5.74. The van der Waals surface area contributed by atoms with E-state index in [-0.39, 0.29) is 23.7 Å². The molecule has 0 radical (unpaired) electrons. The highest BCUT2D eigenvalue weighted by Crippen LogP contribution is 2.31. The summed E-state index contributed by atoms with van der Waals surface area (Å²) >= 11 is 0. The third-order valence-electron chi connectivity index (χ3n) is 5.74. The van der Waals surface area contributed by atoms with Gasteiger partial charge in [0, 0.05) is 31.1 Å². The molecule has 4 heteroatoms. The van der Waals surface area contributed by atoms with Crippen molar-refractivity contribution in [1.82, 2.24) is 4.90 Å². The number of benzene rings is 2. The fourth-order valence-electron chi connectivity index (χ4n) is 3.95. The number of anilines is 1. The summed E-state index contributed by atoms with van der Waals surface area (Å²) in [5, 5.41) is 3.09. The molecule has 2 amide bonds. The lowest BCUT2D eigenvalue weighted by Gasteiger charge is -2.30. The van der Waals surface area contributed by atoms with Crippen LogP contribution < -0.4 is 5.32 Å². The van der Waals surface area contributed by atoms with Crippen molar-refractivity contribution in [3.63, 3.8) is 0 Å². The van der Waals surface area contributed by atoms with E-state index in [1.807, 2.05) is 74.3 Å². The van der Waals surface area contributed by atoms with Gasteiger partial charge < -0.3 is 10.2 Å². The minimum atomic E-state index is -0.0107. The molecule has 4 nitrogen and oxygen atoms in total. The van der Waals surface area contributed by atoms with Crippen molar-refractivity contribution in [2.75, 3.05) is 12.4 Å². The quantitative estimate of drug-likeness (QED) is 0.819. The van der Waals surface area contributed by atoms with Gasteiger partial charge in [-0.3, -0.25) is 9.59 Å². The molecule has 148 valence electrons. The summed E-state index contributed by atoms with van der Waals surface area (Å²) in [4.78, 5) is 27.3. The van der Waals surface area contributed by atoms with Gasteiger partial charge in [0.1, 0.15) is 0 Å².